The highest BCUT2D eigenvalue weighted by Crippen LogP contribution is 2.53. The van der Waals surface area contributed by atoms with E-state index in [1.807, 2.05) is 89.0 Å². The van der Waals surface area contributed by atoms with Crippen LogP contribution in [0.25, 0.3) is 44.1 Å². The number of carbonyl (C=O) groups excluding carboxylic acids is 2. The molecule has 10 rings (SSSR count). The van der Waals surface area contributed by atoms with E-state index in [0.29, 0.717) is 71.6 Å². The number of benzene rings is 4. The maximum atomic E-state index is 12.2. The fourth-order valence-corrected chi connectivity index (χ4v) is 11.9. The number of hydrogen-bond acceptors (Lipinski definition) is 13. The van der Waals surface area contributed by atoms with Crippen molar-refractivity contribution in [2.45, 2.75) is 90.9 Å². The molecule has 20 heteroatoms. The van der Waals surface area contributed by atoms with E-state index >= 15 is 0 Å². The zero-order valence-corrected chi connectivity index (χ0v) is 47.5. The van der Waals surface area contributed by atoms with Crippen LogP contribution in [0.1, 0.15) is 73.1 Å². The van der Waals surface area contributed by atoms with Crippen LogP contribution in [-0.4, -0.2) is 114 Å². The van der Waals surface area contributed by atoms with E-state index in [-0.39, 0.29) is 22.9 Å². The van der Waals surface area contributed by atoms with Gasteiger partial charge in [-0.3, -0.25) is 0 Å². The van der Waals surface area contributed by atoms with Crippen LogP contribution in [0.2, 0.25) is 25.4 Å². The van der Waals surface area contributed by atoms with Gasteiger partial charge in [0.15, 0.2) is 0 Å². The third-order valence-electron chi connectivity index (χ3n) is 13.6. The molecule has 2 aliphatic carbocycles. The van der Waals surface area contributed by atoms with Crippen LogP contribution in [0.4, 0.5) is 9.59 Å². The third kappa shape index (κ3) is 12.5. The van der Waals surface area contributed by atoms with Gasteiger partial charge in [-0.1, -0.05) is 58.5 Å². The second-order valence-electron chi connectivity index (χ2n) is 21.9. The first-order valence-electron chi connectivity index (χ1n) is 24.5. The van der Waals surface area contributed by atoms with Crippen molar-refractivity contribution in [1.29, 1.82) is 0 Å². The second-order valence-corrected chi connectivity index (χ2v) is 23.7. The Morgan fingerprint density at radius 1 is 0.587 bits per heavy atom. The fraction of sp³-hybridized carbons (Fsp3) is 0.455. The average molecular weight is 1130 g/mol. The number of methoxy groups -OCH3 is 4. The number of likely N-dealkylation sites (tertiary alicyclic amines) is 2. The number of nitrogens with two attached hydrogens (primary N) is 1. The van der Waals surface area contributed by atoms with Crippen molar-refractivity contribution in [3.05, 3.63) is 92.1 Å². The van der Waals surface area contributed by atoms with Gasteiger partial charge < -0.3 is 44.0 Å². The summed E-state index contributed by atoms with van der Waals surface area (Å²) in [6.07, 6.45) is 8.22. The van der Waals surface area contributed by atoms with Crippen LogP contribution in [0, 0.1) is 16.7 Å². The highest BCUT2D eigenvalue weighted by atomic mass is 35.5. The van der Waals surface area contributed by atoms with Crippen molar-refractivity contribution in [1.82, 2.24) is 29.7 Å². The maximum absolute atomic E-state index is 12.2. The third-order valence-corrected chi connectivity index (χ3v) is 15.3. The molecule has 0 radical (unpaired) electrons. The summed E-state index contributed by atoms with van der Waals surface area (Å²) in [7, 11) is 6.18. The lowest BCUT2D eigenvalue weighted by molar-refractivity contribution is -0.0950. The number of fused-ring (bicyclic) bond motifs is 2. The molecule has 4 fully saturated rings. The molecule has 2 saturated carbocycles. The van der Waals surface area contributed by atoms with E-state index in [0.717, 1.165) is 97.0 Å². The van der Waals surface area contributed by atoms with E-state index in [2.05, 4.69) is 15.0 Å². The molecule has 4 heterocycles. The van der Waals surface area contributed by atoms with Gasteiger partial charge in [-0.2, -0.15) is 0 Å². The Labute approximate surface area is 462 Å². The summed E-state index contributed by atoms with van der Waals surface area (Å²) in [5, 5.41) is 3.58. The molecule has 15 nitrogen and oxygen atoms in total. The van der Waals surface area contributed by atoms with Gasteiger partial charge in [0.1, 0.15) is 40.0 Å². The summed E-state index contributed by atoms with van der Waals surface area (Å²) >= 11 is 31.9. The first-order valence-corrected chi connectivity index (χ1v) is 26.3. The van der Waals surface area contributed by atoms with Crippen molar-refractivity contribution >= 4 is 92.0 Å². The molecule has 4 aromatic carbocycles. The molecule has 2 saturated heterocycles. The van der Waals surface area contributed by atoms with Gasteiger partial charge in [0, 0.05) is 95.9 Å². The summed E-state index contributed by atoms with van der Waals surface area (Å²) in [6, 6.07) is 15.1. The lowest BCUT2D eigenvalue weighted by atomic mass is 9.57. The van der Waals surface area contributed by atoms with Gasteiger partial charge >= 0.3 is 12.2 Å². The number of carbonyl (C=O) groups is 2. The molecule has 0 atom stereocenters. The first kappa shape index (κ1) is 55.9. The zero-order chi connectivity index (χ0) is 54.4. The number of hydrogen-bond donors (Lipinski definition) is 1. The minimum absolute atomic E-state index is 0.186. The van der Waals surface area contributed by atoms with E-state index in [9.17, 15) is 9.59 Å². The quantitative estimate of drug-likeness (QED) is 0.143. The van der Waals surface area contributed by atoms with Gasteiger partial charge in [0.25, 0.3) is 0 Å². The fourth-order valence-electron chi connectivity index (χ4n) is 10.3. The van der Waals surface area contributed by atoms with Gasteiger partial charge in [-0.05, 0) is 120 Å². The summed E-state index contributed by atoms with van der Waals surface area (Å²) < 4.78 is 32.2. The van der Waals surface area contributed by atoms with Crippen molar-refractivity contribution < 1.29 is 38.0 Å². The standard InChI is InChI=1S/C28H31Cl2N3O4.C16H11Cl3N2O2.C11H20N2O2/c1-27(2,3)37-26(34)33-14-28(15-33)11-16(12-28)8-22-31-13-18-9-17(6-7-19(18)32-22)23-24(29)20(35-4)10-21(36-5)25(23)30;1-22-11-6-12(23-2)15(18)13(14(11)17)8-3-4-10-9(5-8)7-20-16(19)21-10;1-10(2,3)15-9(14)13-6-11(7-13)4-8(12)5-11/h6-7,9-10,13,16H,8,11-12,14-15H2,1-5H3;3-7H,1-2H3;8H,4-7,12H2,1-3H3. The maximum Gasteiger partial charge on any atom is 0.410 e. The van der Waals surface area contributed by atoms with Crippen molar-refractivity contribution in [3.63, 3.8) is 0 Å². The van der Waals surface area contributed by atoms with Crippen LogP contribution in [-0.2, 0) is 15.9 Å². The van der Waals surface area contributed by atoms with Crippen molar-refractivity contribution in [2.24, 2.45) is 22.5 Å². The summed E-state index contributed by atoms with van der Waals surface area (Å²) in [5.41, 5.74) is 9.98. The van der Waals surface area contributed by atoms with E-state index in [4.69, 9.17) is 97.1 Å². The van der Waals surface area contributed by atoms with E-state index in [1.165, 1.54) is 14.2 Å². The molecule has 0 unspecified atom stereocenters. The lowest BCUT2D eigenvalue weighted by Crippen LogP contribution is -2.66. The molecule has 2 spiro atoms. The molecule has 4 aliphatic rings. The Morgan fingerprint density at radius 2 is 0.973 bits per heavy atom. The van der Waals surface area contributed by atoms with Crippen molar-refractivity contribution in [3.8, 4) is 45.3 Å². The van der Waals surface area contributed by atoms with E-state index in [1.54, 1.807) is 37.4 Å². The SMILES string of the molecule is CC(C)(C)OC(=O)N1CC2(CC(N)C2)C1.COc1cc(OC)c(Cl)c(-c2ccc3nc(CC4CC5(C4)CN(C(=O)OC(C)(C)C)C5)ncc3c2)c1Cl.COc1cc(OC)c(Cl)c(-c2ccc3nc(Cl)ncc3c2)c1Cl. The minimum Gasteiger partial charge on any atom is -0.495 e. The molecule has 0 bridgehead atoms. The molecular formula is C55H62Cl5N7O8. The van der Waals surface area contributed by atoms with Crippen molar-refractivity contribution in [2.75, 3.05) is 54.6 Å². The molecule has 2 N–H and O–H groups in total. The Bertz CT molecular complexity index is 3070. The smallest absolute Gasteiger partial charge is 0.410 e. The largest absolute Gasteiger partial charge is 0.495 e. The van der Waals surface area contributed by atoms with Crippen LogP contribution < -0.4 is 24.7 Å². The average Bonchev–Trinajstić information content (AvgIpc) is 3.29. The number of ether oxygens (including phenoxy) is 6. The predicted molar refractivity (Wildman–Crippen MR) is 295 cm³/mol. The normalized spacial score (nSPS) is 17.3. The van der Waals surface area contributed by atoms with Crippen LogP contribution >= 0.6 is 58.0 Å². The van der Waals surface area contributed by atoms with Gasteiger partial charge in [0.05, 0.1) is 59.6 Å². The van der Waals surface area contributed by atoms with Crippen LogP contribution in [0.15, 0.2) is 60.9 Å². The summed E-state index contributed by atoms with van der Waals surface area (Å²) in [4.78, 5) is 45.0. The topological polar surface area (TPSA) is 174 Å². The Kier molecular flexibility index (Phi) is 16.4. The Balaban J connectivity index is 0.000000166. The summed E-state index contributed by atoms with van der Waals surface area (Å²) in [6.45, 7) is 14.6. The van der Waals surface area contributed by atoms with Crippen LogP contribution in [0.5, 0.6) is 23.0 Å². The highest BCUT2D eigenvalue weighted by molar-refractivity contribution is 6.42. The number of rotatable bonds is 8. The number of halogens is 5. The molecular weight excluding hydrogens is 1060 g/mol. The lowest BCUT2D eigenvalue weighted by Gasteiger charge is -2.58. The molecule has 400 valence electrons. The first-order chi connectivity index (χ1) is 35.3. The number of amides is 2. The zero-order valence-electron chi connectivity index (χ0n) is 43.7. The monoisotopic (exact) mass is 1120 g/mol. The second kappa shape index (κ2) is 22.0. The van der Waals surface area contributed by atoms with Crippen LogP contribution in [0.3, 0.4) is 0 Å². The number of nitrogens with zero attached hydrogens (tertiary/aromatic N) is 6. The number of aromatic nitrogens is 4. The molecule has 6 aromatic rings. The minimum atomic E-state index is -0.463. The van der Waals surface area contributed by atoms with Gasteiger partial charge in [0.2, 0.25) is 5.28 Å². The van der Waals surface area contributed by atoms with E-state index < -0.39 is 11.2 Å². The summed E-state index contributed by atoms with van der Waals surface area (Å²) in [5.74, 6) is 3.31. The molecule has 75 heavy (non-hydrogen) atoms. The predicted octanol–water partition coefficient (Wildman–Crippen LogP) is 13.4. The Morgan fingerprint density at radius 3 is 1.36 bits per heavy atom. The van der Waals surface area contributed by atoms with Gasteiger partial charge in [-0.25, -0.2) is 29.5 Å². The molecule has 2 amide bonds. The molecule has 2 aromatic heterocycles. The highest BCUT2D eigenvalue weighted by Gasteiger charge is 2.55. The van der Waals surface area contributed by atoms with Gasteiger partial charge in [-0.15, -0.1) is 0 Å². The Hall–Kier alpha value is -5.29. The molecule has 2 aliphatic heterocycles.